The predicted molar refractivity (Wildman–Crippen MR) is 114 cm³/mol. The molecule has 1 N–H and O–H groups in total. The minimum atomic E-state index is -0.681. The number of pyridine rings is 1. The number of likely N-dealkylation sites (tertiary alicyclic amines) is 1. The van der Waals surface area contributed by atoms with E-state index in [1.807, 2.05) is 25.9 Å². The third-order valence-electron chi connectivity index (χ3n) is 4.95. The Morgan fingerprint density at radius 1 is 1.13 bits per heavy atom. The minimum Gasteiger partial charge on any atom is -0.507 e. The van der Waals surface area contributed by atoms with Gasteiger partial charge in [0.15, 0.2) is 0 Å². The second-order valence-electron chi connectivity index (χ2n) is 7.45. The van der Waals surface area contributed by atoms with Crippen LogP contribution < -0.4 is 4.74 Å². The summed E-state index contributed by atoms with van der Waals surface area (Å²) in [6, 6.07) is 9.73. The topological polar surface area (TPSA) is 83.0 Å². The number of ketones is 1. The molecule has 2 aromatic rings. The maximum atomic E-state index is 12.9. The molecule has 1 atom stereocenters. The molecule has 1 aromatic heterocycles. The van der Waals surface area contributed by atoms with Gasteiger partial charge in [0, 0.05) is 31.0 Å². The van der Waals surface area contributed by atoms with Crippen LogP contribution in [0.2, 0.25) is 0 Å². The summed E-state index contributed by atoms with van der Waals surface area (Å²) in [4.78, 5) is 33.2. The molecule has 0 bridgehead atoms. The third kappa shape index (κ3) is 4.52. The van der Waals surface area contributed by atoms with Gasteiger partial charge in [0.1, 0.15) is 11.5 Å². The number of benzene rings is 1. The maximum Gasteiger partial charge on any atom is 0.295 e. The number of ether oxygens (including phenoxy) is 1. The number of amides is 1. The zero-order valence-electron chi connectivity index (χ0n) is 17.5. The first kappa shape index (κ1) is 21.5. The van der Waals surface area contributed by atoms with Crippen LogP contribution in [0.5, 0.6) is 5.75 Å². The number of carbonyl (C=O) groups excluding carboxylic acids is 2. The summed E-state index contributed by atoms with van der Waals surface area (Å²) in [5.74, 6) is -0.794. The molecule has 1 aromatic carbocycles. The van der Waals surface area contributed by atoms with E-state index in [4.69, 9.17) is 4.74 Å². The Balaban J connectivity index is 2.03. The number of likely N-dealkylation sites (N-methyl/N-ethyl adjacent to an activating group) is 1. The van der Waals surface area contributed by atoms with Crippen LogP contribution >= 0.6 is 0 Å². The van der Waals surface area contributed by atoms with E-state index in [2.05, 4.69) is 4.98 Å². The Morgan fingerprint density at radius 2 is 1.80 bits per heavy atom. The van der Waals surface area contributed by atoms with E-state index in [1.54, 1.807) is 48.8 Å². The van der Waals surface area contributed by atoms with Crippen molar-refractivity contribution in [2.24, 2.45) is 0 Å². The molecule has 0 spiro atoms. The molecule has 7 nitrogen and oxygen atoms in total. The fourth-order valence-corrected chi connectivity index (χ4v) is 3.40. The van der Waals surface area contributed by atoms with Crippen molar-refractivity contribution in [2.75, 3.05) is 33.8 Å². The Bertz CT molecular complexity index is 923. The van der Waals surface area contributed by atoms with Crippen LogP contribution in [0.25, 0.3) is 5.76 Å². The van der Waals surface area contributed by atoms with Crippen LogP contribution in [0.15, 0.2) is 54.4 Å². The molecule has 30 heavy (non-hydrogen) atoms. The first-order chi connectivity index (χ1) is 14.4. The molecule has 158 valence electrons. The van der Waals surface area contributed by atoms with Gasteiger partial charge >= 0.3 is 0 Å². The van der Waals surface area contributed by atoms with E-state index in [1.165, 1.54) is 4.90 Å². The fourth-order valence-electron chi connectivity index (χ4n) is 3.40. The fraction of sp³-hybridized carbons (Fsp3) is 0.348. The summed E-state index contributed by atoms with van der Waals surface area (Å²) >= 11 is 0. The average molecular weight is 409 g/mol. The molecule has 3 rings (SSSR count). The normalized spacial score (nSPS) is 18.3. The van der Waals surface area contributed by atoms with Crippen molar-refractivity contribution < 1.29 is 19.4 Å². The number of hydrogen-bond donors (Lipinski definition) is 1. The van der Waals surface area contributed by atoms with Crippen LogP contribution in [0.3, 0.4) is 0 Å². The van der Waals surface area contributed by atoms with Crippen molar-refractivity contribution in [3.63, 3.8) is 0 Å². The van der Waals surface area contributed by atoms with Crippen molar-refractivity contribution in [3.8, 4) is 5.75 Å². The SMILES string of the molecule is CCCOc1ccc(C(O)=C2C(=O)C(=O)N(CCN(C)C)[C@H]2c2ccncc2)cc1. The summed E-state index contributed by atoms with van der Waals surface area (Å²) in [7, 11) is 3.81. The van der Waals surface area contributed by atoms with Crippen LogP contribution in [0.1, 0.15) is 30.5 Å². The highest BCUT2D eigenvalue weighted by molar-refractivity contribution is 6.46. The van der Waals surface area contributed by atoms with Gasteiger partial charge in [-0.1, -0.05) is 6.92 Å². The highest BCUT2D eigenvalue weighted by atomic mass is 16.5. The molecule has 1 fully saturated rings. The van der Waals surface area contributed by atoms with Crippen molar-refractivity contribution in [1.82, 2.24) is 14.8 Å². The van der Waals surface area contributed by atoms with Crippen molar-refractivity contribution in [1.29, 1.82) is 0 Å². The second-order valence-corrected chi connectivity index (χ2v) is 7.45. The monoisotopic (exact) mass is 409 g/mol. The molecule has 1 aliphatic heterocycles. The van der Waals surface area contributed by atoms with E-state index in [0.717, 1.165) is 12.0 Å². The van der Waals surface area contributed by atoms with E-state index < -0.39 is 17.7 Å². The number of hydrogen-bond acceptors (Lipinski definition) is 6. The number of rotatable bonds is 8. The number of aromatic nitrogens is 1. The Labute approximate surface area is 176 Å². The summed E-state index contributed by atoms with van der Waals surface area (Å²) in [5.41, 5.74) is 1.28. The van der Waals surface area contributed by atoms with Gasteiger partial charge in [0.2, 0.25) is 0 Å². The van der Waals surface area contributed by atoms with E-state index in [9.17, 15) is 14.7 Å². The average Bonchev–Trinajstić information content (AvgIpc) is 3.01. The number of carbonyl (C=O) groups is 2. The lowest BCUT2D eigenvalue weighted by Crippen LogP contribution is -2.35. The van der Waals surface area contributed by atoms with Gasteiger partial charge in [0.25, 0.3) is 11.7 Å². The van der Waals surface area contributed by atoms with E-state index in [0.29, 0.717) is 31.0 Å². The lowest BCUT2D eigenvalue weighted by Gasteiger charge is -2.26. The number of nitrogens with zero attached hydrogens (tertiary/aromatic N) is 3. The molecule has 0 unspecified atom stereocenters. The summed E-state index contributed by atoms with van der Waals surface area (Å²) < 4.78 is 5.58. The predicted octanol–water partition coefficient (Wildman–Crippen LogP) is 2.85. The number of aliphatic hydroxyl groups excluding tert-OH is 1. The van der Waals surface area contributed by atoms with Gasteiger partial charge < -0.3 is 19.6 Å². The van der Waals surface area contributed by atoms with E-state index in [-0.39, 0.29) is 11.3 Å². The molecule has 0 saturated carbocycles. The van der Waals surface area contributed by atoms with Crippen LogP contribution in [-0.2, 0) is 9.59 Å². The minimum absolute atomic E-state index is 0.0900. The summed E-state index contributed by atoms with van der Waals surface area (Å²) in [6.45, 7) is 3.59. The van der Waals surface area contributed by atoms with Crippen molar-refractivity contribution in [3.05, 3.63) is 65.5 Å². The quantitative estimate of drug-likeness (QED) is 0.410. The van der Waals surface area contributed by atoms with E-state index >= 15 is 0 Å². The number of Topliss-reactive ketones (excluding diaryl/α,β-unsaturated/α-hetero) is 1. The Kier molecular flexibility index (Phi) is 6.84. The first-order valence-corrected chi connectivity index (χ1v) is 10.00. The molecular formula is C23H27N3O4. The highest BCUT2D eigenvalue weighted by Gasteiger charge is 2.45. The van der Waals surface area contributed by atoms with Gasteiger partial charge in [-0.3, -0.25) is 14.6 Å². The summed E-state index contributed by atoms with van der Waals surface area (Å²) in [5, 5.41) is 11.0. The standard InChI is InChI=1S/C23H27N3O4/c1-4-15-30-18-7-5-17(6-8-18)21(27)19-20(16-9-11-24-12-10-16)26(14-13-25(2)3)23(29)22(19)28/h5-12,20,27H,4,13-15H2,1-3H3/t20-/m0/s1. The molecule has 0 radical (unpaired) electrons. The molecule has 2 heterocycles. The summed E-state index contributed by atoms with van der Waals surface area (Å²) in [6.07, 6.45) is 4.12. The molecular weight excluding hydrogens is 382 g/mol. The second kappa shape index (κ2) is 9.54. The Hall–Kier alpha value is -3.19. The lowest BCUT2D eigenvalue weighted by atomic mass is 9.96. The van der Waals surface area contributed by atoms with Crippen molar-refractivity contribution >= 4 is 17.4 Å². The number of aliphatic hydroxyl groups is 1. The van der Waals surface area contributed by atoms with Gasteiger partial charge in [-0.2, -0.15) is 0 Å². The van der Waals surface area contributed by atoms with Crippen LogP contribution in [0.4, 0.5) is 0 Å². The van der Waals surface area contributed by atoms with Gasteiger partial charge in [-0.25, -0.2) is 0 Å². The first-order valence-electron chi connectivity index (χ1n) is 10.00. The van der Waals surface area contributed by atoms with Crippen LogP contribution in [-0.4, -0.2) is 65.4 Å². The zero-order valence-corrected chi connectivity index (χ0v) is 17.5. The Morgan fingerprint density at radius 3 is 2.40 bits per heavy atom. The lowest BCUT2D eigenvalue weighted by molar-refractivity contribution is -0.140. The smallest absolute Gasteiger partial charge is 0.295 e. The van der Waals surface area contributed by atoms with Crippen molar-refractivity contribution in [2.45, 2.75) is 19.4 Å². The van der Waals surface area contributed by atoms with Gasteiger partial charge in [-0.05, 0) is 62.5 Å². The molecule has 1 amide bonds. The van der Waals surface area contributed by atoms with Gasteiger partial charge in [0.05, 0.1) is 18.2 Å². The molecule has 1 saturated heterocycles. The molecule has 0 aliphatic carbocycles. The molecule has 1 aliphatic rings. The zero-order chi connectivity index (χ0) is 21.7. The molecule has 7 heteroatoms. The van der Waals surface area contributed by atoms with Gasteiger partial charge in [-0.15, -0.1) is 0 Å². The largest absolute Gasteiger partial charge is 0.507 e. The maximum absolute atomic E-state index is 12.9. The highest BCUT2D eigenvalue weighted by Crippen LogP contribution is 2.39. The third-order valence-corrected chi connectivity index (χ3v) is 4.95. The van der Waals surface area contributed by atoms with Crippen LogP contribution in [0, 0.1) is 0 Å².